The maximum atomic E-state index is 11.6. The number of rotatable bonds is 2. The Morgan fingerprint density at radius 1 is 1.42 bits per heavy atom. The zero-order valence-corrected chi connectivity index (χ0v) is 10.6. The molecular weight excluding hydrogens is 240 g/mol. The number of ether oxygens (including phenoxy) is 1. The highest BCUT2D eigenvalue weighted by atomic mass is 16.5. The number of carbonyl (C=O) groups is 1. The number of benzene rings is 1. The molecule has 1 aliphatic rings. The van der Waals surface area contributed by atoms with Crippen LogP contribution in [0.1, 0.15) is 18.4 Å². The smallest absolute Gasteiger partial charge is 0.417 e. The number of nitriles is 1. The van der Waals surface area contributed by atoms with Gasteiger partial charge in [0.1, 0.15) is 0 Å². The van der Waals surface area contributed by atoms with Gasteiger partial charge in [-0.25, -0.2) is 4.79 Å². The van der Waals surface area contributed by atoms with Crippen molar-refractivity contribution in [3.8, 4) is 6.07 Å². The minimum Gasteiger partial charge on any atom is -0.449 e. The lowest BCUT2D eigenvalue weighted by Crippen LogP contribution is -2.24. The fourth-order valence-electron chi connectivity index (χ4n) is 1.92. The zero-order valence-electron chi connectivity index (χ0n) is 10.6. The van der Waals surface area contributed by atoms with Crippen molar-refractivity contribution in [1.82, 2.24) is 4.90 Å². The first-order valence-electron chi connectivity index (χ1n) is 6.06. The average Bonchev–Trinajstić information content (AvgIpc) is 2.47. The number of carbonyl (C=O) groups excluding carboxylic acids is 1. The molecular formula is C15H14N2O2. The van der Waals surface area contributed by atoms with E-state index in [0.29, 0.717) is 12.2 Å². The van der Waals surface area contributed by atoms with Crippen LogP contribution in [0.5, 0.6) is 0 Å². The summed E-state index contributed by atoms with van der Waals surface area (Å²) < 4.78 is 4.90. The summed E-state index contributed by atoms with van der Waals surface area (Å²) in [7, 11) is 0. The molecule has 0 spiro atoms. The minimum atomic E-state index is -0.474. The highest BCUT2D eigenvalue weighted by molar-refractivity contribution is 5.71. The predicted molar refractivity (Wildman–Crippen MR) is 70.9 cm³/mol. The summed E-state index contributed by atoms with van der Waals surface area (Å²) in [5, 5.41) is 9.22. The van der Waals surface area contributed by atoms with Gasteiger partial charge >= 0.3 is 6.09 Å². The number of nitrogens with zero attached hydrogens (tertiary/aromatic N) is 2. The molecule has 0 saturated heterocycles. The molecule has 0 radical (unpaired) electrons. The van der Waals surface area contributed by atoms with Gasteiger partial charge in [0.15, 0.2) is 0 Å². The van der Waals surface area contributed by atoms with Gasteiger partial charge in [0.05, 0.1) is 18.2 Å². The van der Waals surface area contributed by atoms with Crippen LogP contribution in [0.3, 0.4) is 0 Å². The molecule has 1 heterocycles. The SMILES string of the molecule is CCOC(=O)N1C=CC(c2ccccc2)C(C#N)=C1. The van der Waals surface area contributed by atoms with E-state index >= 15 is 0 Å². The van der Waals surface area contributed by atoms with Crippen molar-refractivity contribution in [2.75, 3.05) is 6.61 Å². The van der Waals surface area contributed by atoms with E-state index in [0.717, 1.165) is 5.56 Å². The molecule has 19 heavy (non-hydrogen) atoms. The molecule has 2 rings (SSSR count). The topological polar surface area (TPSA) is 53.3 Å². The van der Waals surface area contributed by atoms with E-state index in [1.807, 2.05) is 36.4 Å². The van der Waals surface area contributed by atoms with Crippen molar-refractivity contribution < 1.29 is 9.53 Å². The Hall–Kier alpha value is -2.54. The Morgan fingerprint density at radius 2 is 2.16 bits per heavy atom. The van der Waals surface area contributed by atoms with Crippen LogP contribution >= 0.6 is 0 Å². The third-order valence-electron chi connectivity index (χ3n) is 2.82. The van der Waals surface area contributed by atoms with Crippen LogP contribution < -0.4 is 0 Å². The van der Waals surface area contributed by atoms with Crippen LogP contribution in [0, 0.1) is 11.3 Å². The van der Waals surface area contributed by atoms with E-state index in [2.05, 4.69) is 6.07 Å². The summed E-state index contributed by atoms with van der Waals surface area (Å²) >= 11 is 0. The highest BCUT2D eigenvalue weighted by Crippen LogP contribution is 2.29. The molecule has 0 fully saturated rings. The summed E-state index contributed by atoms with van der Waals surface area (Å²) in [6.07, 6.45) is 4.51. The van der Waals surface area contributed by atoms with Gasteiger partial charge in [0.2, 0.25) is 0 Å². The quantitative estimate of drug-likeness (QED) is 0.814. The van der Waals surface area contributed by atoms with Gasteiger partial charge in [-0.3, -0.25) is 4.90 Å². The Labute approximate surface area is 112 Å². The van der Waals surface area contributed by atoms with E-state index in [1.165, 1.54) is 11.1 Å². The maximum absolute atomic E-state index is 11.6. The van der Waals surface area contributed by atoms with Gasteiger partial charge in [-0.05, 0) is 12.5 Å². The van der Waals surface area contributed by atoms with Crippen molar-refractivity contribution in [1.29, 1.82) is 5.26 Å². The van der Waals surface area contributed by atoms with Crippen molar-refractivity contribution in [2.24, 2.45) is 0 Å². The monoisotopic (exact) mass is 254 g/mol. The summed E-state index contributed by atoms with van der Waals surface area (Å²) in [6.45, 7) is 2.05. The molecule has 0 saturated carbocycles. The van der Waals surface area contributed by atoms with E-state index in [1.54, 1.807) is 13.1 Å². The van der Waals surface area contributed by atoms with Crippen LogP contribution in [-0.2, 0) is 4.74 Å². The predicted octanol–water partition coefficient (Wildman–Crippen LogP) is 3.16. The van der Waals surface area contributed by atoms with Crippen LogP contribution in [0.2, 0.25) is 0 Å². The van der Waals surface area contributed by atoms with E-state index in [9.17, 15) is 10.1 Å². The van der Waals surface area contributed by atoms with E-state index in [-0.39, 0.29) is 5.92 Å². The third-order valence-corrected chi connectivity index (χ3v) is 2.82. The zero-order chi connectivity index (χ0) is 13.7. The van der Waals surface area contributed by atoms with E-state index in [4.69, 9.17) is 4.74 Å². The Balaban J connectivity index is 2.24. The Kier molecular flexibility index (Phi) is 3.99. The lowest BCUT2D eigenvalue weighted by Gasteiger charge is -2.22. The standard InChI is InChI=1S/C15H14N2O2/c1-2-19-15(18)17-9-8-14(13(10-16)11-17)12-6-4-3-5-7-12/h3-9,11,14H,2H2,1H3. The first-order valence-corrected chi connectivity index (χ1v) is 6.06. The lowest BCUT2D eigenvalue weighted by atomic mass is 9.91. The lowest BCUT2D eigenvalue weighted by molar-refractivity contribution is 0.133. The normalized spacial score (nSPS) is 17.6. The fraction of sp³-hybridized carbons (Fsp3) is 0.200. The van der Waals surface area contributed by atoms with Gasteiger partial charge in [-0.1, -0.05) is 36.4 Å². The molecule has 0 bridgehead atoms. The van der Waals surface area contributed by atoms with Gasteiger partial charge in [0.25, 0.3) is 0 Å². The second kappa shape index (κ2) is 5.87. The van der Waals surface area contributed by atoms with Gasteiger partial charge < -0.3 is 4.74 Å². The second-order valence-electron chi connectivity index (χ2n) is 4.03. The molecule has 4 heteroatoms. The molecule has 0 aromatic heterocycles. The Bertz CT molecular complexity index is 555. The fourth-order valence-corrected chi connectivity index (χ4v) is 1.92. The molecule has 1 atom stereocenters. The first-order chi connectivity index (χ1) is 9.26. The first kappa shape index (κ1) is 12.9. The molecule has 1 unspecified atom stereocenters. The van der Waals surface area contributed by atoms with Gasteiger partial charge in [-0.2, -0.15) is 5.26 Å². The molecule has 0 N–H and O–H groups in total. The molecule has 96 valence electrons. The molecule has 1 aliphatic heterocycles. The summed E-state index contributed by atoms with van der Waals surface area (Å²) in [4.78, 5) is 12.9. The molecule has 1 aromatic carbocycles. The third kappa shape index (κ3) is 2.83. The molecule has 0 aliphatic carbocycles. The van der Waals surface area contributed by atoms with E-state index < -0.39 is 6.09 Å². The maximum Gasteiger partial charge on any atom is 0.417 e. The molecule has 1 aromatic rings. The average molecular weight is 254 g/mol. The summed E-state index contributed by atoms with van der Waals surface area (Å²) in [5.41, 5.74) is 1.54. The number of hydrogen-bond acceptors (Lipinski definition) is 3. The summed E-state index contributed by atoms with van der Waals surface area (Å²) in [5.74, 6) is -0.114. The van der Waals surface area contributed by atoms with Crippen LogP contribution in [0.25, 0.3) is 0 Å². The highest BCUT2D eigenvalue weighted by Gasteiger charge is 2.21. The largest absolute Gasteiger partial charge is 0.449 e. The van der Waals surface area contributed by atoms with Crippen molar-refractivity contribution in [3.05, 3.63) is 59.9 Å². The number of hydrogen-bond donors (Lipinski definition) is 0. The summed E-state index contributed by atoms with van der Waals surface area (Å²) in [6, 6.07) is 11.8. The van der Waals surface area contributed by atoms with Gasteiger partial charge in [-0.15, -0.1) is 0 Å². The minimum absolute atomic E-state index is 0.114. The van der Waals surface area contributed by atoms with Crippen LogP contribution in [-0.4, -0.2) is 17.6 Å². The van der Waals surface area contributed by atoms with Crippen molar-refractivity contribution in [3.63, 3.8) is 0 Å². The molecule has 1 amide bonds. The van der Waals surface area contributed by atoms with Crippen molar-refractivity contribution >= 4 is 6.09 Å². The number of allylic oxidation sites excluding steroid dienone is 2. The van der Waals surface area contributed by atoms with Crippen LogP contribution in [0.4, 0.5) is 4.79 Å². The van der Waals surface area contributed by atoms with Crippen molar-refractivity contribution in [2.45, 2.75) is 12.8 Å². The second-order valence-corrected chi connectivity index (χ2v) is 4.03. The Morgan fingerprint density at radius 3 is 2.79 bits per heavy atom. The van der Waals surface area contributed by atoms with Crippen LogP contribution in [0.15, 0.2) is 54.4 Å². The molecule has 4 nitrogen and oxygen atoms in total. The van der Waals surface area contributed by atoms with Gasteiger partial charge in [0, 0.05) is 18.3 Å². The number of amides is 1.